The van der Waals surface area contributed by atoms with E-state index in [1.54, 1.807) is 36.3 Å². The topological polar surface area (TPSA) is 91.9 Å². The zero-order valence-corrected chi connectivity index (χ0v) is 20.8. The first kappa shape index (κ1) is 23.7. The Bertz CT molecular complexity index is 1440. The monoisotopic (exact) mass is 502 g/mol. The van der Waals surface area contributed by atoms with E-state index in [-0.39, 0.29) is 11.3 Å². The van der Waals surface area contributed by atoms with Gasteiger partial charge < -0.3 is 24.5 Å². The zero-order valence-electron chi connectivity index (χ0n) is 20.0. The molecule has 0 aliphatic carbocycles. The first-order valence-corrected chi connectivity index (χ1v) is 12.6. The third-order valence-corrected chi connectivity index (χ3v) is 7.31. The Labute approximate surface area is 212 Å². The molecule has 8 heteroatoms. The van der Waals surface area contributed by atoms with E-state index in [1.165, 1.54) is 11.3 Å². The van der Waals surface area contributed by atoms with Crippen molar-refractivity contribution >= 4 is 39.7 Å². The number of aliphatic hydroxyl groups is 1. The van der Waals surface area contributed by atoms with Crippen molar-refractivity contribution in [2.75, 3.05) is 20.3 Å². The molecule has 1 amide bonds. The van der Waals surface area contributed by atoms with Crippen LogP contribution in [0.3, 0.4) is 0 Å². The lowest BCUT2D eigenvalue weighted by atomic mass is 9.99. The highest BCUT2D eigenvalue weighted by Gasteiger charge is 2.46. The van der Waals surface area contributed by atoms with Crippen LogP contribution in [0.15, 0.2) is 71.7 Å². The minimum Gasteiger partial charge on any atom is -0.507 e. The van der Waals surface area contributed by atoms with Gasteiger partial charge in [-0.2, -0.15) is 0 Å². The number of ketones is 1. The fourth-order valence-corrected chi connectivity index (χ4v) is 5.46. The number of ether oxygens (including phenoxy) is 2. The van der Waals surface area contributed by atoms with E-state index in [2.05, 4.69) is 4.98 Å². The van der Waals surface area contributed by atoms with Gasteiger partial charge in [0, 0.05) is 34.1 Å². The summed E-state index contributed by atoms with van der Waals surface area (Å²) >= 11 is 1.45. The molecule has 36 heavy (non-hydrogen) atoms. The van der Waals surface area contributed by atoms with Crippen LogP contribution in [-0.4, -0.2) is 46.9 Å². The minimum atomic E-state index is -0.680. The van der Waals surface area contributed by atoms with E-state index in [0.29, 0.717) is 30.9 Å². The van der Waals surface area contributed by atoms with Crippen molar-refractivity contribution in [3.63, 3.8) is 0 Å². The number of carbonyl (C=O) groups excluding carboxylic acids is 2. The molecule has 0 unspecified atom stereocenters. The molecule has 4 aromatic rings. The van der Waals surface area contributed by atoms with Gasteiger partial charge in [0.2, 0.25) is 0 Å². The average molecular weight is 503 g/mol. The maximum atomic E-state index is 13.2. The summed E-state index contributed by atoms with van der Waals surface area (Å²) in [5.41, 5.74) is 2.55. The molecule has 1 aliphatic rings. The fourth-order valence-electron chi connectivity index (χ4n) is 4.62. The van der Waals surface area contributed by atoms with Gasteiger partial charge in [-0.15, -0.1) is 11.3 Å². The third-order valence-electron chi connectivity index (χ3n) is 6.39. The Morgan fingerprint density at radius 2 is 1.89 bits per heavy atom. The number of Topliss-reactive ketones (excluding diaryl/α,β-unsaturated/α-hetero) is 1. The normalized spacial score (nSPS) is 17.2. The van der Waals surface area contributed by atoms with E-state index < -0.39 is 17.7 Å². The number of methoxy groups -OCH3 is 1. The predicted molar refractivity (Wildman–Crippen MR) is 139 cm³/mol. The number of aromatic nitrogens is 1. The molecule has 2 N–H and O–H groups in total. The first-order chi connectivity index (χ1) is 17.5. The van der Waals surface area contributed by atoms with E-state index in [9.17, 15) is 14.7 Å². The maximum absolute atomic E-state index is 13.2. The van der Waals surface area contributed by atoms with Gasteiger partial charge in [-0.1, -0.05) is 6.07 Å². The van der Waals surface area contributed by atoms with E-state index >= 15 is 0 Å². The van der Waals surface area contributed by atoms with E-state index in [4.69, 9.17) is 9.47 Å². The van der Waals surface area contributed by atoms with Gasteiger partial charge >= 0.3 is 0 Å². The number of thiophene rings is 1. The quantitative estimate of drug-likeness (QED) is 0.194. The first-order valence-electron chi connectivity index (χ1n) is 11.7. The third kappa shape index (κ3) is 4.24. The standard InChI is InChI=1S/C28H26N2O5S/c1-3-35-19-8-6-17(7-9-19)26(31)24-25(23-5-4-14-36-23)30(28(33)27(24)32)13-12-18-16-29-22-11-10-20(34-2)15-21(18)22/h4-11,14-16,25,29,31H,3,12-13H2,1-2H3/t25-/m0/s1. The largest absolute Gasteiger partial charge is 0.507 e. The second kappa shape index (κ2) is 9.91. The number of carbonyl (C=O) groups is 2. The summed E-state index contributed by atoms with van der Waals surface area (Å²) in [6.45, 7) is 2.73. The minimum absolute atomic E-state index is 0.104. The summed E-state index contributed by atoms with van der Waals surface area (Å²) in [5.74, 6) is -0.0646. The van der Waals surface area contributed by atoms with Crippen LogP contribution >= 0.6 is 11.3 Å². The van der Waals surface area contributed by atoms with Crippen LogP contribution in [0.1, 0.15) is 29.0 Å². The molecule has 1 fully saturated rings. The van der Waals surface area contributed by atoms with Gasteiger partial charge in [0.25, 0.3) is 11.7 Å². The number of nitrogens with one attached hydrogen (secondary N) is 1. The molecule has 0 spiro atoms. The number of rotatable bonds is 8. The predicted octanol–water partition coefficient (Wildman–Crippen LogP) is 5.30. The summed E-state index contributed by atoms with van der Waals surface area (Å²) in [6, 6.07) is 15.8. The number of fused-ring (bicyclic) bond motifs is 1. The second-order valence-electron chi connectivity index (χ2n) is 8.44. The molecular formula is C28H26N2O5S. The van der Waals surface area contributed by atoms with Crippen LogP contribution in [0, 0.1) is 0 Å². The lowest BCUT2D eigenvalue weighted by molar-refractivity contribution is -0.139. The number of likely N-dealkylation sites (tertiary alicyclic amines) is 1. The number of amides is 1. The lowest BCUT2D eigenvalue weighted by Gasteiger charge is -2.24. The number of H-pyrrole nitrogens is 1. The Kier molecular flexibility index (Phi) is 6.52. The van der Waals surface area contributed by atoms with Crippen molar-refractivity contribution in [3.8, 4) is 11.5 Å². The molecule has 184 valence electrons. The molecule has 0 bridgehead atoms. The summed E-state index contributed by atoms with van der Waals surface area (Å²) in [5, 5.41) is 14.1. The Morgan fingerprint density at radius 3 is 2.58 bits per heavy atom. The molecule has 5 rings (SSSR count). The lowest BCUT2D eigenvalue weighted by Crippen LogP contribution is -2.31. The van der Waals surface area contributed by atoms with Gasteiger partial charge in [-0.3, -0.25) is 9.59 Å². The highest BCUT2D eigenvalue weighted by molar-refractivity contribution is 7.10. The molecule has 7 nitrogen and oxygen atoms in total. The van der Waals surface area contributed by atoms with Crippen LogP contribution in [-0.2, 0) is 16.0 Å². The smallest absolute Gasteiger partial charge is 0.295 e. The van der Waals surface area contributed by atoms with Gasteiger partial charge in [-0.05, 0) is 72.8 Å². The number of aromatic amines is 1. The Morgan fingerprint density at radius 1 is 1.11 bits per heavy atom. The van der Waals surface area contributed by atoms with Crippen molar-refractivity contribution in [1.82, 2.24) is 9.88 Å². The van der Waals surface area contributed by atoms with Crippen LogP contribution < -0.4 is 9.47 Å². The number of aliphatic hydroxyl groups excluding tert-OH is 1. The van der Waals surface area contributed by atoms with Crippen molar-refractivity contribution < 1.29 is 24.2 Å². The molecule has 1 aliphatic heterocycles. The molecule has 1 saturated heterocycles. The molecule has 0 saturated carbocycles. The van der Waals surface area contributed by atoms with Gasteiger partial charge in [0.15, 0.2) is 0 Å². The van der Waals surface area contributed by atoms with Crippen LogP contribution in [0.4, 0.5) is 0 Å². The highest BCUT2D eigenvalue weighted by Crippen LogP contribution is 2.41. The van der Waals surface area contributed by atoms with Crippen LogP contribution in [0.5, 0.6) is 11.5 Å². The average Bonchev–Trinajstić information content (AvgIpc) is 3.62. The number of hydrogen-bond acceptors (Lipinski definition) is 6. The van der Waals surface area contributed by atoms with Gasteiger partial charge in [-0.25, -0.2) is 0 Å². The van der Waals surface area contributed by atoms with Gasteiger partial charge in [0.1, 0.15) is 17.3 Å². The number of nitrogens with zero attached hydrogens (tertiary/aromatic N) is 1. The summed E-state index contributed by atoms with van der Waals surface area (Å²) in [6.07, 6.45) is 2.45. The Hall–Kier alpha value is -4.04. The fraction of sp³-hybridized carbons (Fsp3) is 0.214. The van der Waals surface area contributed by atoms with Crippen molar-refractivity contribution in [2.45, 2.75) is 19.4 Å². The zero-order chi connectivity index (χ0) is 25.2. The van der Waals surface area contributed by atoms with Crippen LogP contribution in [0.2, 0.25) is 0 Å². The molecule has 3 heterocycles. The molecule has 2 aromatic heterocycles. The maximum Gasteiger partial charge on any atom is 0.295 e. The van der Waals surface area contributed by atoms with Crippen molar-refractivity contribution in [3.05, 3.63) is 87.8 Å². The SMILES string of the molecule is CCOc1ccc(C(O)=C2C(=O)C(=O)N(CCc3c[nH]c4ccc(OC)cc34)[C@H]2c2cccs2)cc1. The molecule has 2 aromatic carbocycles. The Balaban J connectivity index is 1.49. The second-order valence-corrected chi connectivity index (χ2v) is 9.42. The van der Waals surface area contributed by atoms with Gasteiger partial charge in [0.05, 0.1) is 25.3 Å². The van der Waals surface area contributed by atoms with E-state index in [1.807, 2.05) is 48.8 Å². The highest BCUT2D eigenvalue weighted by atomic mass is 32.1. The summed E-state index contributed by atoms with van der Waals surface area (Å²) < 4.78 is 10.8. The number of benzene rings is 2. The molecule has 1 atom stereocenters. The molecular weight excluding hydrogens is 476 g/mol. The molecule has 0 radical (unpaired) electrons. The summed E-state index contributed by atoms with van der Waals surface area (Å²) in [7, 11) is 1.62. The van der Waals surface area contributed by atoms with Crippen molar-refractivity contribution in [1.29, 1.82) is 0 Å². The van der Waals surface area contributed by atoms with Crippen molar-refractivity contribution in [2.24, 2.45) is 0 Å². The number of hydrogen-bond donors (Lipinski definition) is 2. The summed E-state index contributed by atoms with van der Waals surface area (Å²) in [4.78, 5) is 32.1. The van der Waals surface area contributed by atoms with E-state index in [0.717, 1.165) is 27.1 Å². The van der Waals surface area contributed by atoms with Crippen LogP contribution in [0.25, 0.3) is 16.7 Å².